The number of benzene rings is 2. The molecule has 0 radical (unpaired) electrons. The van der Waals surface area contributed by atoms with E-state index in [1.165, 1.54) is 0 Å². The number of nitrogens with one attached hydrogen (secondary N) is 1. The lowest BCUT2D eigenvalue weighted by atomic mass is 10.1. The first-order valence-electron chi connectivity index (χ1n) is 7.72. The predicted molar refractivity (Wildman–Crippen MR) is 103 cm³/mol. The van der Waals surface area contributed by atoms with Gasteiger partial charge in [-0.15, -0.1) is 0 Å². The average Bonchev–Trinajstić information content (AvgIpc) is 2.49. The Morgan fingerprint density at radius 1 is 1.16 bits per heavy atom. The van der Waals surface area contributed by atoms with Gasteiger partial charge in [0.2, 0.25) is 15.9 Å². The summed E-state index contributed by atoms with van der Waals surface area (Å²) in [5.74, 6) is -0.421. The maximum atomic E-state index is 12.6. The fourth-order valence-corrected chi connectivity index (χ4v) is 3.96. The van der Waals surface area contributed by atoms with Crippen LogP contribution in [0.25, 0.3) is 0 Å². The highest BCUT2D eigenvalue weighted by Gasteiger charge is 2.30. The van der Waals surface area contributed by atoms with Gasteiger partial charge in [-0.25, -0.2) is 8.42 Å². The standard InChI is InChI=1S/C18H21ClN2O3S/c1-12-6-5-7-16(10-12)20-18(22)14(3)21(25(4,23)24)17-11-15(19)9-8-13(17)2/h5-11,14H,1-4H3,(H,20,22)/t14-/m0/s1. The van der Waals surface area contributed by atoms with Crippen LogP contribution in [0.3, 0.4) is 0 Å². The van der Waals surface area contributed by atoms with Crippen molar-refractivity contribution in [2.75, 3.05) is 15.9 Å². The van der Waals surface area contributed by atoms with Crippen LogP contribution < -0.4 is 9.62 Å². The molecule has 5 nitrogen and oxygen atoms in total. The molecule has 0 aliphatic rings. The number of anilines is 2. The molecule has 2 rings (SSSR count). The van der Waals surface area contributed by atoms with Crippen molar-refractivity contribution in [1.29, 1.82) is 0 Å². The number of carbonyl (C=O) groups excluding carboxylic acids is 1. The summed E-state index contributed by atoms with van der Waals surface area (Å²) >= 11 is 6.02. The van der Waals surface area contributed by atoms with Crippen molar-refractivity contribution in [3.63, 3.8) is 0 Å². The molecule has 1 N–H and O–H groups in total. The molecule has 0 aromatic heterocycles. The number of nitrogens with zero attached hydrogens (tertiary/aromatic N) is 1. The number of hydrogen-bond donors (Lipinski definition) is 1. The van der Waals surface area contributed by atoms with Crippen molar-refractivity contribution in [3.8, 4) is 0 Å². The molecule has 2 aromatic carbocycles. The second kappa shape index (κ2) is 7.45. The molecule has 0 aliphatic carbocycles. The van der Waals surface area contributed by atoms with Gasteiger partial charge in [0.25, 0.3) is 0 Å². The first kappa shape index (κ1) is 19.3. The first-order valence-corrected chi connectivity index (χ1v) is 9.95. The minimum Gasteiger partial charge on any atom is -0.324 e. The molecule has 7 heteroatoms. The van der Waals surface area contributed by atoms with E-state index in [9.17, 15) is 13.2 Å². The fourth-order valence-electron chi connectivity index (χ4n) is 2.57. The molecule has 0 saturated carbocycles. The van der Waals surface area contributed by atoms with Crippen LogP contribution in [-0.4, -0.2) is 26.6 Å². The highest BCUT2D eigenvalue weighted by molar-refractivity contribution is 7.92. The number of amides is 1. The lowest BCUT2D eigenvalue weighted by molar-refractivity contribution is -0.116. The summed E-state index contributed by atoms with van der Waals surface area (Å²) in [5.41, 5.74) is 2.72. The van der Waals surface area contributed by atoms with Gasteiger partial charge < -0.3 is 5.32 Å². The van der Waals surface area contributed by atoms with Crippen LogP contribution in [0.15, 0.2) is 42.5 Å². The summed E-state index contributed by atoms with van der Waals surface area (Å²) in [7, 11) is -3.69. The fraction of sp³-hybridized carbons (Fsp3) is 0.278. The largest absolute Gasteiger partial charge is 0.324 e. The molecule has 25 heavy (non-hydrogen) atoms. The minimum absolute atomic E-state index is 0.391. The summed E-state index contributed by atoms with van der Waals surface area (Å²) in [4.78, 5) is 12.6. The Kier molecular flexibility index (Phi) is 5.75. The van der Waals surface area contributed by atoms with Crippen molar-refractivity contribution < 1.29 is 13.2 Å². The van der Waals surface area contributed by atoms with Crippen molar-refractivity contribution in [1.82, 2.24) is 0 Å². The summed E-state index contributed by atoms with van der Waals surface area (Å²) in [5, 5.41) is 3.16. The van der Waals surface area contributed by atoms with Crippen molar-refractivity contribution >= 4 is 38.9 Å². The van der Waals surface area contributed by atoms with Gasteiger partial charge in [-0.1, -0.05) is 29.8 Å². The Morgan fingerprint density at radius 2 is 1.84 bits per heavy atom. The molecule has 0 saturated heterocycles. The molecule has 1 amide bonds. The average molecular weight is 381 g/mol. The van der Waals surface area contributed by atoms with E-state index < -0.39 is 22.0 Å². The molecular weight excluding hydrogens is 360 g/mol. The monoisotopic (exact) mass is 380 g/mol. The van der Waals surface area contributed by atoms with Crippen LogP contribution in [0.5, 0.6) is 0 Å². The number of rotatable bonds is 5. The van der Waals surface area contributed by atoms with Gasteiger partial charge in [0, 0.05) is 10.7 Å². The van der Waals surface area contributed by atoms with Gasteiger partial charge in [0.1, 0.15) is 6.04 Å². The summed E-state index contributed by atoms with van der Waals surface area (Å²) < 4.78 is 25.8. The second-order valence-corrected chi connectivity index (χ2v) is 8.32. The van der Waals surface area contributed by atoms with Gasteiger partial charge >= 0.3 is 0 Å². The zero-order valence-electron chi connectivity index (χ0n) is 14.6. The van der Waals surface area contributed by atoms with E-state index in [2.05, 4.69) is 5.32 Å². The Morgan fingerprint density at radius 3 is 2.44 bits per heavy atom. The number of sulfonamides is 1. The minimum atomic E-state index is -3.69. The highest BCUT2D eigenvalue weighted by Crippen LogP contribution is 2.28. The van der Waals surface area contributed by atoms with E-state index in [-0.39, 0.29) is 0 Å². The molecule has 0 unspecified atom stereocenters. The van der Waals surface area contributed by atoms with E-state index in [0.29, 0.717) is 22.0 Å². The molecule has 134 valence electrons. The summed E-state index contributed by atoms with van der Waals surface area (Å²) in [6.07, 6.45) is 1.07. The Balaban J connectivity index is 2.38. The molecule has 0 spiro atoms. The summed E-state index contributed by atoms with van der Waals surface area (Å²) in [6, 6.07) is 11.3. The van der Waals surface area contributed by atoms with Gasteiger partial charge in [-0.3, -0.25) is 9.10 Å². The number of carbonyl (C=O) groups is 1. The third kappa shape index (κ3) is 4.74. The third-order valence-corrected chi connectivity index (χ3v) is 5.25. The van der Waals surface area contributed by atoms with E-state index in [1.807, 2.05) is 25.1 Å². The van der Waals surface area contributed by atoms with Gasteiger partial charge in [0.05, 0.1) is 11.9 Å². The van der Waals surface area contributed by atoms with Gasteiger partial charge in [0.15, 0.2) is 0 Å². The van der Waals surface area contributed by atoms with E-state index >= 15 is 0 Å². The third-order valence-electron chi connectivity index (χ3n) is 3.78. The lowest BCUT2D eigenvalue weighted by Crippen LogP contribution is -2.45. The number of hydrogen-bond acceptors (Lipinski definition) is 3. The van der Waals surface area contributed by atoms with Crippen molar-refractivity contribution in [2.45, 2.75) is 26.8 Å². The first-order chi connectivity index (χ1) is 11.6. The molecule has 0 heterocycles. The predicted octanol–water partition coefficient (Wildman–Crippen LogP) is 3.75. The zero-order chi connectivity index (χ0) is 18.8. The lowest BCUT2D eigenvalue weighted by Gasteiger charge is -2.29. The van der Waals surface area contributed by atoms with Crippen LogP contribution in [0.4, 0.5) is 11.4 Å². The maximum absolute atomic E-state index is 12.6. The molecule has 0 bridgehead atoms. The number of aryl methyl sites for hydroxylation is 2. The Bertz CT molecular complexity index is 897. The van der Waals surface area contributed by atoms with Crippen LogP contribution in [0.2, 0.25) is 5.02 Å². The van der Waals surface area contributed by atoms with E-state index in [0.717, 1.165) is 16.1 Å². The molecule has 0 aliphatic heterocycles. The van der Waals surface area contributed by atoms with Crippen molar-refractivity contribution in [3.05, 3.63) is 58.6 Å². The molecular formula is C18H21ClN2O3S. The normalized spacial score (nSPS) is 12.5. The number of halogens is 1. The Labute approximate surface area is 153 Å². The Hall–Kier alpha value is -2.05. The molecule has 0 fully saturated rings. The zero-order valence-corrected chi connectivity index (χ0v) is 16.1. The summed E-state index contributed by atoms with van der Waals surface area (Å²) in [6.45, 7) is 5.23. The second-order valence-electron chi connectivity index (χ2n) is 6.02. The quantitative estimate of drug-likeness (QED) is 0.858. The van der Waals surface area contributed by atoms with E-state index in [4.69, 9.17) is 11.6 Å². The van der Waals surface area contributed by atoms with Crippen LogP contribution >= 0.6 is 11.6 Å². The van der Waals surface area contributed by atoms with Crippen LogP contribution in [0.1, 0.15) is 18.1 Å². The van der Waals surface area contributed by atoms with Crippen LogP contribution in [-0.2, 0) is 14.8 Å². The topological polar surface area (TPSA) is 66.5 Å². The van der Waals surface area contributed by atoms with Crippen molar-refractivity contribution in [2.24, 2.45) is 0 Å². The van der Waals surface area contributed by atoms with E-state index in [1.54, 1.807) is 38.1 Å². The smallest absolute Gasteiger partial charge is 0.247 e. The van der Waals surface area contributed by atoms with Gasteiger partial charge in [-0.05, 0) is 56.2 Å². The molecule has 2 aromatic rings. The van der Waals surface area contributed by atoms with Gasteiger partial charge in [-0.2, -0.15) is 0 Å². The SMILES string of the molecule is Cc1cccc(NC(=O)[C@H](C)N(c2cc(Cl)ccc2C)S(C)(=O)=O)c1. The maximum Gasteiger partial charge on any atom is 0.247 e. The van der Waals surface area contributed by atoms with Crippen LogP contribution in [0, 0.1) is 13.8 Å². The highest BCUT2D eigenvalue weighted by atomic mass is 35.5. The molecule has 1 atom stereocenters.